The molecule has 1 saturated heterocycles. The molecule has 1 heterocycles. The summed E-state index contributed by atoms with van der Waals surface area (Å²) in [5.74, 6) is 1.35. The summed E-state index contributed by atoms with van der Waals surface area (Å²) in [5.41, 5.74) is 2.69. The van der Waals surface area contributed by atoms with Crippen LogP contribution in [0.4, 0.5) is 0 Å². The van der Waals surface area contributed by atoms with Crippen LogP contribution in [-0.4, -0.2) is 68.3 Å². The first-order chi connectivity index (χ1) is 13.5. The molecule has 1 aliphatic rings. The first-order valence-corrected chi connectivity index (χ1v) is 9.79. The summed E-state index contributed by atoms with van der Waals surface area (Å²) in [7, 11) is 5.75. The lowest BCUT2D eigenvalue weighted by atomic mass is 9.89. The van der Waals surface area contributed by atoms with Crippen LogP contribution in [0.1, 0.15) is 16.8 Å². The second-order valence-electron chi connectivity index (χ2n) is 7.94. The Labute approximate surface area is 167 Å². The molecule has 1 fully saturated rings. The molecule has 1 N–H and O–H groups in total. The normalized spacial score (nSPS) is 19.7. The maximum atomic E-state index is 13.2. The van der Waals surface area contributed by atoms with Crippen molar-refractivity contribution in [3.63, 3.8) is 0 Å². The molecule has 28 heavy (non-hydrogen) atoms. The van der Waals surface area contributed by atoms with Gasteiger partial charge in [0.15, 0.2) is 0 Å². The number of piperidine rings is 1. The highest BCUT2D eigenvalue weighted by molar-refractivity contribution is 5.95. The van der Waals surface area contributed by atoms with Crippen molar-refractivity contribution in [1.29, 1.82) is 0 Å². The molecular weight excluding hydrogens is 352 g/mol. The Morgan fingerprint density at radius 1 is 1.11 bits per heavy atom. The summed E-state index contributed by atoms with van der Waals surface area (Å²) in [6.45, 7) is 2.39. The summed E-state index contributed by atoms with van der Waals surface area (Å²) in [4.78, 5) is 17.3. The van der Waals surface area contributed by atoms with Gasteiger partial charge in [0, 0.05) is 31.8 Å². The molecule has 2 aromatic carbocycles. The van der Waals surface area contributed by atoms with Crippen LogP contribution in [0.25, 0.3) is 11.1 Å². The molecule has 3 rings (SSSR count). The zero-order chi connectivity index (χ0) is 20.1. The number of methoxy groups -OCH3 is 1. The number of rotatable bonds is 6. The van der Waals surface area contributed by atoms with E-state index in [0.717, 1.165) is 36.4 Å². The van der Waals surface area contributed by atoms with Crippen molar-refractivity contribution in [3.05, 3.63) is 54.1 Å². The molecule has 1 aliphatic heterocycles. The van der Waals surface area contributed by atoms with Crippen molar-refractivity contribution < 1.29 is 14.6 Å². The van der Waals surface area contributed by atoms with Crippen LogP contribution < -0.4 is 4.74 Å². The standard InChI is InChI=1S/C23H30N2O3/c1-24(2)13-17-10-18(16-26)15-25(14-17)23(27)21-8-4-6-19(11-21)20-7-5-9-22(12-20)28-3/h4-9,11-12,17-18,26H,10,13-16H2,1-3H3/t17-,18-/m1/s1. The van der Waals surface area contributed by atoms with Crippen molar-refractivity contribution in [3.8, 4) is 16.9 Å². The number of benzene rings is 2. The molecule has 0 radical (unpaired) electrons. The third-order valence-electron chi connectivity index (χ3n) is 5.31. The second kappa shape index (κ2) is 9.22. The molecule has 2 atom stereocenters. The number of aliphatic hydroxyl groups is 1. The van der Waals surface area contributed by atoms with E-state index >= 15 is 0 Å². The van der Waals surface area contributed by atoms with E-state index in [9.17, 15) is 9.90 Å². The summed E-state index contributed by atoms with van der Waals surface area (Å²) in [6.07, 6.45) is 0.961. The lowest BCUT2D eigenvalue weighted by Gasteiger charge is -2.38. The van der Waals surface area contributed by atoms with Gasteiger partial charge >= 0.3 is 0 Å². The van der Waals surface area contributed by atoms with Gasteiger partial charge in [-0.3, -0.25) is 4.79 Å². The van der Waals surface area contributed by atoms with Crippen molar-refractivity contribution in [2.24, 2.45) is 11.8 Å². The molecule has 5 nitrogen and oxygen atoms in total. The summed E-state index contributed by atoms with van der Waals surface area (Å²) < 4.78 is 5.31. The van der Waals surface area contributed by atoms with Gasteiger partial charge in [-0.15, -0.1) is 0 Å². The van der Waals surface area contributed by atoms with E-state index in [0.29, 0.717) is 18.0 Å². The fourth-order valence-corrected chi connectivity index (χ4v) is 4.08. The van der Waals surface area contributed by atoms with Gasteiger partial charge < -0.3 is 19.6 Å². The Morgan fingerprint density at radius 3 is 2.46 bits per heavy atom. The summed E-state index contributed by atoms with van der Waals surface area (Å²) in [6, 6.07) is 15.6. The smallest absolute Gasteiger partial charge is 0.253 e. The minimum absolute atomic E-state index is 0.0339. The Kier molecular flexibility index (Phi) is 6.70. The fraction of sp³-hybridized carbons (Fsp3) is 0.435. The topological polar surface area (TPSA) is 53.0 Å². The van der Waals surface area contributed by atoms with Gasteiger partial charge in [0.05, 0.1) is 7.11 Å². The van der Waals surface area contributed by atoms with E-state index in [-0.39, 0.29) is 18.4 Å². The summed E-state index contributed by atoms with van der Waals surface area (Å²) in [5, 5.41) is 9.69. The zero-order valence-electron chi connectivity index (χ0n) is 17.0. The molecule has 150 valence electrons. The Hall–Kier alpha value is -2.37. The van der Waals surface area contributed by atoms with Gasteiger partial charge in [-0.2, -0.15) is 0 Å². The molecule has 0 saturated carbocycles. The number of hydrogen-bond donors (Lipinski definition) is 1. The van der Waals surface area contributed by atoms with E-state index in [1.807, 2.05) is 67.5 Å². The van der Waals surface area contributed by atoms with Crippen LogP contribution in [0, 0.1) is 11.8 Å². The molecule has 1 amide bonds. The molecule has 0 aliphatic carbocycles. The first-order valence-electron chi connectivity index (χ1n) is 9.79. The minimum atomic E-state index is 0.0339. The molecular formula is C23H30N2O3. The SMILES string of the molecule is COc1cccc(-c2cccc(C(=O)N3C[C@H](CO)C[C@H](CN(C)C)C3)c2)c1. The fourth-order valence-electron chi connectivity index (χ4n) is 4.08. The molecule has 0 unspecified atom stereocenters. The highest BCUT2D eigenvalue weighted by Crippen LogP contribution is 2.27. The molecule has 2 aromatic rings. The first kappa shape index (κ1) is 20.4. The van der Waals surface area contributed by atoms with Crippen LogP contribution in [0.5, 0.6) is 5.75 Å². The van der Waals surface area contributed by atoms with Gasteiger partial charge in [-0.1, -0.05) is 24.3 Å². The van der Waals surface area contributed by atoms with Gasteiger partial charge in [0.25, 0.3) is 5.91 Å². The van der Waals surface area contributed by atoms with E-state index < -0.39 is 0 Å². The molecule has 0 spiro atoms. The van der Waals surface area contributed by atoms with E-state index in [1.165, 1.54) is 0 Å². The average Bonchev–Trinajstić information content (AvgIpc) is 2.72. The van der Waals surface area contributed by atoms with E-state index in [2.05, 4.69) is 4.90 Å². The number of nitrogens with zero attached hydrogens (tertiary/aromatic N) is 2. The van der Waals surface area contributed by atoms with E-state index in [1.54, 1.807) is 7.11 Å². The molecule has 0 aromatic heterocycles. The zero-order valence-corrected chi connectivity index (χ0v) is 17.0. The third-order valence-corrected chi connectivity index (χ3v) is 5.31. The quantitative estimate of drug-likeness (QED) is 0.835. The van der Waals surface area contributed by atoms with Crippen LogP contribution in [0.2, 0.25) is 0 Å². The maximum Gasteiger partial charge on any atom is 0.253 e. The number of amides is 1. The number of hydrogen-bond acceptors (Lipinski definition) is 4. The predicted octanol–water partition coefficient (Wildman–Crippen LogP) is 2.99. The Balaban J connectivity index is 1.81. The van der Waals surface area contributed by atoms with Crippen LogP contribution in [0.3, 0.4) is 0 Å². The maximum absolute atomic E-state index is 13.2. The van der Waals surface area contributed by atoms with Crippen molar-refractivity contribution in [2.75, 3.05) is 47.4 Å². The lowest BCUT2D eigenvalue weighted by molar-refractivity contribution is 0.0478. The van der Waals surface area contributed by atoms with Gasteiger partial charge in [-0.25, -0.2) is 0 Å². The van der Waals surface area contributed by atoms with Gasteiger partial charge in [0.1, 0.15) is 5.75 Å². The lowest BCUT2D eigenvalue weighted by Crippen LogP contribution is -2.47. The second-order valence-corrected chi connectivity index (χ2v) is 7.94. The predicted molar refractivity (Wildman–Crippen MR) is 112 cm³/mol. The largest absolute Gasteiger partial charge is 0.497 e. The number of ether oxygens (including phenoxy) is 1. The third kappa shape index (κ3) is 4.91. The van der Waals surface area contributed by atoms with Crippen LogP contribution in [0.15, 0.2) is 48.5 Å². The van der Waals surface area contributed by atoms with Gasteiger partial charge in [-0.05, 0) is 67.7 Å². The average molecular weight is 383 g/mol. The van der Waals surface area contributed by atoms with Gasteiger partial charge in [0.2, 0.25) is 0 Å². The number of carbonyl (C=O) groups is 1. The Morgan fingerprint density at radius 2 is 1.79 bits per heavy atom. The number of carbonyl (C=O) groups excluding carboxylic acids is 1. The molecule has 0 bridgehead atoms. The van der Waals surface area contributed by atoms with Crippen LogP contribution >= 0.6 is 0 Å². The Bertz CT molecular complexity index is 806. The van der Waals surface area contributed by atoms with Crippen molar-refractivity contribution in [2.45, 2.75) is 6.42 Å². The van der Waals surface area contributed by atoms with Crippen molar-refractivity contribution in [1.82, 2.24) is 9.80 Å². The summed E-state index contributed by atoms with van der Waals surface area (Å²) >= 11 is 0. The highest BCUT2D eigenvalue weighted by atomic mass is 16.5. The molecule has 5 heteroatoms. The minimum Gasteiger partial charge on any atom is -0.497 e. The number of likely N-dealkylation sites (tertiary alicyclic amines) is 1. The number of aliphatic hydroxyl groups excluding tert-OH is 1. The van der Waals surface area contributed by atoms with Crippen molar-refractivity contribution >= 4 is 5.91 Å². The van der Waals surface area contributed by atoms with Crippen LogP contribution in [-0.2, 0) is 0 Å². The monoisotopic (exact) mass is 382 g/mol. The highest BCUT2D eigenvalue weighted by Gasteiger charge is 2.30. The van der Waals surface area contributed by atoms with E-state index in [4.69, 9.17) is 4.74 Å².